The summed E-state index contributed by atoms with van der Waals surface area (Å²) in [5.74, 6) is 0.799. The SMILES string of the molecule is Cc1ccc([C@H]2SCC(=O)N2CC[NH+]2CCN(C(=O)NC(C)(C)C)CC2)cc1. The normalized spacial score (nSPS) is 21.3. The third-order valence-corrected chi connectivity index (χ3v) is 6.53. The van der Waals surface area contributed by atoms with Crippen molar-refractivity contribution in [2.45, 2.75) is 38.6 Å². The Labute approximate surface area is 172 Å². The van der Waals surface area contributed by atoms with E-state index in [4.69, 9.17) is 0 Å². The molecular weight excluding hydrogens is 372 g/mol. The second-order valence-electron chi connectivity index (χ2n) is 8.83. The fourth-order valence-electron chi connectivity index (χ4n) is 3.66. The molecule has 0 unspecified atom stereocenters. The molecule has 2 fully saturated rings. The molecule has 0 bridgehead atoms. The van der Waals surface area contributed by atoms with Gasteiger partial charge in [0.2, 0.25) is 5.91 Å². The summed E-state index contributed by atoms with van der Waals surface area (Å²) < 4.78 is 0. The minimum atomic E-state index is -0.208. The zero-order valence-electron chi connectivity index (χ0n) is 17.5. The Morgan fingerprint density at radius 3 is 2.46 bits per heavy atom. The van der Waals surface area contributed by atoms with Gasteiger partial charge in [-0.2, -0.15) is 0 Å². The van der Waals surface area contributed by atoms with E-state index < -0.39 is 0 Å². The standard InChI is InChI=1S/C21H32N4O2S/c1-16-5-7-17(8-6-16)19-25(18(26)15-28-19)14-11-23-9-12-24(13-10-23)20(27)22-21(2,3)4/h5-8,19H,9-15H2,1-4H3,(H,22,27)/p+1/t19-/m1/s1. The number of benzene rings is 1. The first-order valence-corrected chi connectivity index (χ1v) is 11.2. The van der Waals surface area contributed by atoms with Crippen molar-refractivity contribution >= 4 is 23.7 Å². The third kappa shape index (κ3) is 5.41. The number of amides is 3. The highest BCUT2D eigenvalue weighted by atomic mass is 32.2. The number of nitrogens with zero attached hydrogens (tertiary/aromatic N) is 2. The van der Waals surface area contributed by atoms with Gasteiger partial charge in [0.15, 0.2) is 0 Å². The predicted molar refractivity (Wildman–Crippen MR) is 114 cm³/mol. The van der Waals surface area contributed by atoms with E-state index in [2.05, 4.69) is 36.5 Å². The molecule has 2 N–H and O–H groups in total. The van der Waals surface area contributed by atoms with Crippen LogP contribution in [0.4, 0.5) is 4.79 Å². The maximum Gasteiger partial charge on any atom is 0.318 e. The average molecular weight is 406 g/mol. The lowest BCUT2D eigenvalue weighted by atomic mass is 10.1. The molecule has 0 radical (unpaired) electrons. The van der Waals surface area contributed by atoms with E-state index in [0.29, 0.717) is 5.75 Å². The van der Waals surface area contributed by atoms with Crippen LogP contribution >= 0.6 is 11.8 Å². The first-order valence-electron chi connectivity index (χ1n) is 10.1. The number of hydrogen-bond donors (Lipinski definition) is 2. The predicted octanol–water partition coefficient (Wildman–Crippen LogP) is 1.28. The van der Waals surface area contributed by atoms with Crippen molar-refractivity contribution < 1.29 is 14.5 Å². The molecule has 154 valence electrons. The van der Waals surface area contributed by atoms with Gasteiger partial charge in [0, 0.05) is 5.54 Å². The molecule has 28 heavy (non-hydrogen) atoms. The molecule has 1 atom stereocenters. The number of urea groups is 1. The quantitative estimate of drug-likeness (QED) is 0.793. The van der Waals surface area contributed by atoms with Gasteiger partial charge in [-0.25, -0.2) is 4.79 Å². The summed E-state index contributed by atoms with van der Waals surface area (Å²) in [6.45, 7) is 13.2. The van der Waals surface area contributed by atoms with Crippen molar-refractivity contribution in [1.82, 2.24) is 15.1 Å². The van der Waals surface area contributed by atoms with Gasteiger partial charge in [-0.1, -0.05) is 29.8 Å². The van der Waals surface area contributed by atoms with Crippen LogP contribution < -0.4 is 10.2 Å². The Kier molecular flexibility index (Phi) is 6.55. The van der Waals surface area contributed by atoms with E-state index in [1.165, 1.54) is 16.0 Å². The van der Waals surface area contributed by atoms with E-state index in [1.807, 2.05) is 30.6 Å². The number of piperazine rings is 1. The molecule has 2 heterocycles. The number of quaternary nitrogens is 1. The smallest absolute Gasteiger partial charge is 0.318 e. The van der Waals surface area contributed by atoms with Gasteiger partial charge in [0.25, 0.3) is 0 Å². The number of rotatable bonds is 4. The topological polar surface area (TPSA) is 57.1 Å². The second kappa shape index (κ2) is 8.74. The number of nitrogens with one attached hydrogen (secondary N) is 2. The molecule has 0 aromatic heterocycles. The van der Waals surface area contributed by atoms with Crippen molar-refractivity contribution in [2.24, 2.45) is 0 Å². The number of carbonyl (C=O) groups excluding carboxylic acids is 2. The van der Waals surface area contributed by atoms with Crippen LogP contribution in [-0.2, 0) is 4.79 Å². The first kappa shape index (κ1) is 21.0. The zero-order chi connectivity index (χ0) is 20.3. The van der Waals surface area contributed by atoms with Gasteiger partial charge in [0.05, 0.1) is 45.0 Å². The fourth-order valence-corrected chi connectivity index (χ4v) is 4.88. The largest absolute Gasteiger partial charge is 0.333 e. The van der Waals surface area contributed by atoms with Gasteiger partial charge < -0.3 is 20.0 Å². The van der Waals surface area contributed by atoms with E-state index in [-0.39, 0.29) is 22.9 Å². The van der Waals surface area contributed by atoms with Gasteiger partial charge in [-0.15, -0.1) is 11.8 Å². The molecule has 1 aromatic carbocycles. The zero-order valence-corrected chi connectivity index (χ0v) is 18.3. The number of hydrogen-bond acceptors (Lipinski definition) is 3. The number of thioether (sulfide) groups is 1. The van der Waals surface area contributed by atoms with Crippen LogP contribution in [0.5, 0.6) is 0 Å². The Balaban J connectivity index is 1.49. The Bertz CT molecular complexity index is 693. The molecule has 0 saturated carbocycles. The van der Waals surface area contributed by atoms with E-state index in [9.17, 15) is 9.59 Å². The molecular formula is C21H33N4O2S+. The molecule has 3 rings (SSSR count). The molecule has 2 aliphatic heterocycles. The molecule has 6 nitrogen and oxygen atoms in total. The van der Waals surface area contributed by atoms with Gasteiger partial charge in [0.1, 0.15) is 5.37 Å². The van der Waals surface area contributed by atoms with E-state index >= 15 is 0 Å². The van der Waals surface area contributed by atoms with Crippen LogP contribution in [0.2, 0.25) is 0 Å². The second-order valence-corrected chi connectivity index (χ2v) is 9.90. The lowest BCUT2D eigenvalue weighted by molar-refractivity contribution is -0.903. The van der Waals surface area contributed by atoms with Crippen molar-refractivity contribution in [1.29, 1.82) is 0 Å². The van der Waals surface area contributed by atoms with Gasteiger partial charge in [-0.05, 0) is 33.3 Å². The molecule has 7 heteroatoms. The summed E-state index contributed by atoms with van der Waals surface area (Å²) in [6.07, 6.45) is 0. The number of carbonyl (C=O) groups is 2. The van der Waals surface area contributed by atoms with Crippen LogP contribution in [-0.4, -0.2) is 72.3 Å². The monoisotopic (exact) mass is 405 g/mol. The lowest BCUT2D eigenvalue weighted by Gasteiger charge is -2.35. The third-order valence-electron chi connectivity index (χ3n) is 5.28. The van der Waals surface area contributed by atoms with Crippen molar-refractivity contribution in [3.05, 3.63) is 35.4 Å². The summed E-state index contributed by atoms with van der Waals surface area (Å²) in [5.41, 5.74) is 2.24. The van der Waals surface area contributed by atoms with Gasteiger partial charge in [-0.3, -0.25) is 4.79 Å². The van der Waals surface area contributed by atoms with Crippen molar-refractivity contribution in [3.63, 3.8) is 0 Å². The minimum Gasteiger partial charge on any atom is -0.333 e. The molecule has 0 spiro atoms. The highest BCUT2D eigenvalue weighted by Crippen LogP contribution is 2.38. The minimum absolute atomic E-state index is 0.0251. The maximum absolute atomic E-state index is 12.4. The van der Waals surface area contributed by atoms with Gasteiger partial charge >= 0.3 is 6.03 Å². The Hall–Kier alpha value is -1.73. The summed E-state index contributed by atoms with van der Waals surface area (Å²) in [4.78, 5) is 30.1. The molecule has 3 amide bonds. The highest BCUT2D eigenvalue weighted by molar-refractivity contribution is 8.00. The average Bonchev–Trinajstić information content (AvgIpc) is 3.00. The number of aryl methyl sites for hydroxylation is 1. The van der Waals surface area contributed by atoms with E-state index in [1.54, 1.807) is 11.8 Å². The Morgan fingerprint density at radius 2 is 1.86 bits per heavy atom. The van der Waals surface area contributed by atoms with Crippen molar-refractivity contribution in [2.75, 3.05) is 45.0 Å². The molecule has 1 aromatic rings. The lowest BCUT2D eigenvalue weighted by Crippen LogP contribution is -3.15. The highest BCUT2D eigenvalue weighted by Gasteiger charge is 2.34. The fraction of sp³-hybridized carbons (Fsp3) is 0.619. The van der Waals surface area contributed by atoms with Crippen LogP contribution in [0.25, 0.3) is 0 Å². The van der Waals surface area contributed by atoms with Crippen LogP contribution in [0, 0.1) is 6.92 Å². The summed E-state index contributed by atoms with van der Waals surface area (Å²) in [7, 11) is 0. The summed E-state index contributed by atoms with van der Waals surface area (Å²) in [6, 6.07) is 8.53. The van der Waals surface area contributed by atoms with Crippen LogP contribution in [0.1, 0.15) is 37.3 Å². The summed E-state index contributed by atoms with van der Waals surface area (Å²) in [5, 5.41) is 3.17. The summed E-state index contributed by atoms with van der Waals surface area (Å²) >= 11 is 1.72. The van der Waals surface area contributed by atoms with Crippen LogP contribution in [0.15, 0.2) is 24.3 Å². The first-order chi connectivity index (χ1) is 13.2. The maximum atomic E-state index is 12.4. The molecule has 2 saturated heterocycles. The van der Waals surface area contributed by atoms with E-state index in [0.717, 1.165) is 39.3 Å². The molecule has 0 aliphatic carbocycles. The Morgan fingerprint density at radius 1 is 1.21 bits per heavy atom. The van der Waals surface area contributed by atoms with Crippen molar-refractivity contribution in [3.8, 4) is 0 Å². The van der Waals surface area contributed by atoms with Crippen LogP contribution in [0.3, 0.4) is 0 Å². The molecule has 2 aliphatic rings.